The van der Waals surface area contributed by atoms with Gasteiger partial charge in [-0.1, -0.05) is 51.1 Å². The highest BCUT2D eigenvalue weighted by Crippen LogP contribution is 2.24. The Labute approximate surface area is 161 Å². The number of hydrogen-bond donors (Lipinski definition) is 0. The van der Waals surface area contributed by atoms with E-state index in [-0.39, 0.29) is 17.9 Å². The fourth-order valence-corrected chi connectivity index (χ4v) is 2.60. The monoisotopic (exact) mass is 362 g/mol. The van der Waals surface area contributed by atoms with Crippen LogP contribution in [-0.2, 0) is 16.8 Å². The molecule has 4 heteroatoms. The fourth-order valence-electron chi connectivity index (χ4n) is 2.60. The van der Waals surface area contributed by atoms with Gasteiger partial charge < -0.3 is 9.64 Å². The third kappa shape index (κ3) is 6.00. The van der Waals surface area contributed by atoms with Gasteiger partial charge in [0.2, 0.25) is 0 Å². The summed E-state index contributed by atoms with van der Waals surface area (Å²) >= 11 is 0. The zero-order chi connectivity index (χ0) is 19.9. The molecule has 140 valence electrons. The Bertz CT molecular complexity index is 809. The first kappa shape index (κ1) is 20.3. The number of amides is 1. The smallest absolute Gasteiger partial charge is 0.261 e. The Morgan fingerprint density at radius 1 is 1.15 bits per heavy atom. The number of nitriles is 1. The van der Waals surface area contributed by atoms with Crippen LogP contribution in [-0.4, -0.2) is 24.0 Å². The topological polar surface area (TPSA) is 53.3 Å². The molecule has 0 fully saturated rings. The zero-order valence-electron chi connectivity index (χ0n) is 16.2. The van der Waals surface area contributed by atoms with Crippen molar-refractivity contribution in [3.8, 4) is 11.8 Å². The molecule has 2 aromatic carbocycles. The standard InChI is InChI=1S/C23H26N2O2/c1-5-14-25(16-19-8-6-18(15-24)7-9-19)22(26)17-27-21-12-10-20(11-13-21)23(2,3)4/h5-13H,1,14,16-17H2,2-4H3. The van der Waals surface area contributed by atoms with Crippen LogP contribution in [0.3, 0.4) is 0 Å². The Morgan fingerprint density at radius 2 is 1.78 bits per heavy atom. The lowest BCUT2D eigenvalue weighted by molar-refractivity contribution is -0.133. The van der Waals surface area contributed by atoms with Gasteiger partial charge in [0, 0.05) is 13.1 Å². The molecule has 0 saturated carbocycles. The van der Waals surface area contributed by atoms with Gasteiger partial charge in [-0.05, 0) is 40.8 Å². The van der Waals surface area contributed by atoms with Crippen LogP contribution in [0.1, 0.15) is 37.5 Å². The Hall–Kier alpha value is -3.06. The number of nitrogens with zero attached hydrogens (tertiary/aromatic N) is 2. The van der Waals surface area contributed by atoms with Gasteiger partial charge in [-0.2, -0.15) is 5.26 Å². The quantitative estimate of drug-likeness (QED) is 0.684. The molecular formula is C23H26N2O2. The second kappa shape index (κ2) is 9.05. The minimum absolute atomic E-state index is 0.0288. The SMILES string of the molecule is C=CCN(Cc1ccc(C#N)cc1)C(=O)COc1ccc(C(C)(C)C)cc1. The van der Waals surface area contributed by atoms with Crippen LogP contribution in [0.4, 0.5) is 0 Å². The number of ether oxygens (including phenoxy) is 1. The first-order valence-corrected chi connectivity index (χ1v) is 8.94. The predicted molar refractivity (Wildman–Crippen MR) is 107 cm³/mol. The molecule has 0 heterocycles. The lowest BCUT2D eigenvalue weighted by Gasteiger charge is -2.22. The van der Waals surface area contributed by atoms with Crippen LogP contribution < -0.4 is 4.74 Å². The number of rotatable bonds is 7. The van der Waals surface area contributed by atoms with E-state index in [1.54, 1.807) is 23.1 Å². The molecule has 0 aliphatic rings. The van der Waals surface area contributed by atoms with Gasteiger partial charge in [0.05, 0.1) is 11.6 Å². The molecule has 0 aliphatic heterocycles. The summed E-state index contributed by atoms with van der Waals surface area (Å²) in [6, 6.07) is 17.1. The largest absolute Gasteiger partial charge is 0.484 e. The first-order chi connectivity index (χ1) is 12.8. The highest BCUT2D eigenvalue weighted by Gasteiger charge is 2.15. The summed E-state index contributed by atoms with van der Waals surface area (Å²) in [6.45, 7) is 11.0. The van der Waals surface area contributed by atoms with E-state index in [1.807, 2.05) is 36.4 Å². The molecule has 0 radical (unpaired) electrons. The van der Waals surface area contributed by atoms with Gasteiger partial charge in [-0.25, -0.2) is 0 Å². The minimum atomic E-state index is -0.112. The van der Waals surface area contributed by atoms with E-state index in [9.17, 15) is 4.79 Å². The van der Waals surface area contributed by atoms with E-state index in [1.165, 1.54) is 5.56 Å². The number of carbonyl (C=O) groups is 1. The highest BCUT2D eigenvalue weighted by molar-refractivity contribution is 5.78. The van der Waals surface area contributed by atoms with Gasteiger partial charge in [0.25, 0.3) is 5.91 Å². The normalized spacial score (nSPS) is 10.7. The average molecular weight is 362 g/mol. The van der Waals surface area contributed by atoms with Crippen molar-refractivity contribution in [3.63, 3.8) is 0 Å². The molecule has 27 heavy (non-hydrogen) atoms. The molecule has 0 N–H and O–H groups in total. The molecule has 0 aliphatic carbocycles. The highest BCUT2D eigenvalue weighted by atomic mass is 16.5. The predicted octanol–water partition coefficient (Wildman–Crippen LogP) is 4.45. The maximum absolute atomic E-state index is 12.6. The number of carbonyl (C=O) groups excluding carboxylic acids is 1. The number of benzene rings is 2. The van der Waals surface area contributed by atoms with Crippen LogP contribution in [0.2, 0.25) is 0 Å². The molecule has 0 bridgehead atoms. The lowest BCUT2D eigenvalue weighted by atomic mass is 9.87. The molecule has 0 saturated heterocycles. The van der Waals surface area contributed by atoms with Crippen molar-refractivity contribution in [2.45, 2.75) is 32.7 Å². The van der Waals surface area contributed by atoms with E-state index in [4.69, 9.17) is 10.00 Å². The maximum atomic E-state index is 12.6. The van der Waals surface area contributed by atoms with Crippen LogP contribution in [0, 0.1) is 11.3 Å². The summed E-state index contributed by atoms with van der Waals surface area (Å²) in [5.41, 5.74) is 2.85. The summed E-state index contributed by atoms with van der Waals surface area (Å²) in [4.78, 5) is 14.2. The Kier molecular flexibility index (Phi) is 6.79. The Morgan fingerprint density at radius 3 is 2.30 bits per heavy atom. The van der Waals surface area contributed by atoms with Crippen molar-refractivity contribution in [3.05, 3.63) is 77.9 Å². The van der Waals surface area contributed by atoms with Crippen molar-refractivity contribution in [1.29, 1.82) is 5.26 Å². The molecule has 2 aromatic rings. The van der Waals surface area contributed by atoms with Crippen LogP contribution >= 0.6 is 0 Å². The van der Waals surface area contributed by atoms with Crippen molar-refractivity contribution in [1.82, 2.24) is 4.90 Å². The molecule has 0 spiro atoms. The second-order valence-corrected chi connectivity index (χ2v) is 7.43. The van der Waals surface area contributed by atoms with Gasteiger partial charge in [0.1, 0.15) is 5.75 Å². The third-order valence-corrected chi connectivity index (χ3v) is 4.24. The van der Waals surface area contributed by atoms with Crippen LogP contribution in [0.5, 0.6) is 5.75 Å². The van der Waals surface area contributed by atoms with E-state index in [2.05, 4.69) is 33.4 Å². The van der Waals surface area contributed by atoms with Crippen LogP contribution in [0.15, 0.2) is 61.2 Å². The van der Waals surface area contributed by atoms with Gasteiger partial charge in [-0.3, -0.25) is 4.79 Å². The maximum Gasteiger partial charge on any atom is 0.261 e. The molecule has 0 aromatic heterocycles. The summed E-state index contributed by atoms with van der Waals surface area (Å²) < 4.78 is 5.67. The summed E-state index contributed by atoms with van der Waals surface area (Å²) in [5.74, 6) is 0.562. The van der Waals surface area contributed by atoms with Crippen molar-refractivity contribution >= 4 is 5.91 Å². The van der Waals surface area contributed by atoms with E-state index < -0.39 is 0 Å². The van der Waals surface area contributed by atoms with Crippen molar-refractivity contribution in [2.75, 3.05) is 13.2 Å². The molecule has 0 atom stereocenters. The average Bonchev–Trinajstić information content (AvgIpc) is 2.66. The van der Waals surface area contributed by atoms with Crippen LogP contribution in [0.25, 0.3) is 0 Å². The van der Waals surface area contributed by atoms with Gasteiger partial charge in [-0.15, -0.1) is 6.58 Å². The summed E-state index contributed by atoms with van der Waals surface area (Å²) in [5, 5.41) is 8.88. The van der Waals surface area contributed by atoms with Crippen molar-refractivity contribution < 1.29 is 9.53 Å². The zero-order valence-corrected chi connectivity index (χ0v) is 16.2. The summed E-state index contributed by atoms with van der Waals surface area (Å²) in [7, 11) is 0. The lowest BCUT2D eigenvalue weighted by Crippen LogP contribution is -2.34. The molecule has 1 amide bonds. The second-order valence-electron chi connectivity index (χ2n) is 7.43. The van der Waals surface area contributed by atoms with Gasteiger partial charge >= 0.3 is 0 Å². The first-order valence-electron chi connectivity index (χ1n) is 8.94. The molecule has 0 unspecified atom stereocenters. The van der Waals surface area contributed by atoms with E-state index in [0.717, 1.165) is 5.56 Å². The van der Waals surface area contributed by atoms with E-state index >= 15 is 0 Å². The molecule has 2 rings (SSSR count). The minimum Gasteiger partial charge on any atom is -0.484 e. The number of hydrogen-bond acceptors (Lipinski definition) is 3. The fraction of sp³-hybridized carbons (Fsp3) is 0.304. The Balaban J connectivity index is 1.97. The van der Waals surface area contributed by atoms with E-state index in [0.29, 0.717) is 24.4 Å². The van der Waals surface area contributed by atoms with Crippen molar-refractivity contribution in [2.24, 2.45) is 0 Å². The van der Waals surface area contributed by atoms with Gasteiger partial charge in [0.15, 0.2) is 6.61 Å². The summed E-state index contributed by atoms with van der Waals surface area (Å²) in [6.07, 6.45) is 1.69. The molecule has 4 nitrogen and oxygen atoms in total. The third-order valence-electron chi connectivity index (χ3n) is 4.24. The molecular weight excluding hydrogens is 336 g/mol.